The molecule has 0 bridgehead atoms. The first-order valence-corrected chi connectivity index (χ1v) is 20.7. The van der Waals surface area contributed by atoms with Gasteiger partial charge in [-0.05, 0) is 64.8 Å². The van der Waals surface area contributed by atoms with Gasteiger partial charge in [-0.2, -0.15) is 0 Å². The number of hydrogen-bond donors (Lipinski definition) is 0. The molecule has 1 saturated heterocycles. The smallest absolute Gasteiger partial charge is 0.325 e. The summed E-state index contributed by atoms with van der Waals surface area (Å²) < 4.78 is 35.8. The lowest BCUT2D eigenvalue weighted by atomic mass is 10.5. The van der Waals surface area contributed by atoms with E-state index in [1.807, 2.05) is 0 Å². The largest absolute Gasteiger partial charge is 0.437 e. The highest BCUT2D eigenvalue weighted by Crippen LogP contribution is 2.26. The zero-order valence-electron chi connectivity index (χ0n) is 17.6. The van der Waals surface area contributed by atoms with Crippen molar-refractivity contribution >= 4 is 34.0 Å². The van der Waals surface area contributed by atoms with Gasteiger partial charge in [0.1, 0.15) is 6.10 Å². The minimum Gasteiger partial charge on any atom is -0.437 e. The maximum Gasteiger partial charge on any atom is 0.325 e. The molecule has 0 spiro atoms. The van der Waals surface area contributed by atoms with Gasteiger partial charge in [-0.3, -0.25) is 0 Å². The van der Waals surface area contributed by atoms with Crippen LogP contribution in [-0.4, -0.2) is 67.0 Å². The van der Waals surface area contributed by atoms with Gasteiger partial charge in [0.15, 0.2) is 8.32 Å². The molecule has 2 atom stereocenters. The van der Waals surface area contributed by atoms with Crippen LogP contribution in [0.15, 0.2) is 0 Å². The summed E-state index contributed by atoms with van der Waals surface area (Å²) in [5.74, 6) is 0. The minimum absolute atomic E-state index is 0.320. The molecule has 1 aliphatic heterocycles. The van der Waals surface area contributed by atoms with Gasteiger partial charge >= 0.3 is 25.7 Å². The molecule has 0 aromatic carbocycles. The summed E-state index contributed by atoms with van der Waals surface area (Å²) in [4.78, 5) is 0. The average molecular weight is 427 g/mol. The van der Waals surface area contributed by atoms with E-state index in [0.29, 0.717) is 12.7 Å². The Kier molecular flexibility index (Phi) is 8.72. The fraction of sp³-hybridized carbons (Fsp3) is 1.00. The molecule has 0 aromatic heterocycles. The highest BCUT2D eigenvalue weighted by molar-refractivity contribution is 6.88. The topological polar surface area (TPSA) is 58.7 Å². The molecule has 1 fully saturated rings. The van der Waals surface area contributed by atoms with Gasteiger partial charge in [0, 0.05) is 13.7 Å². The Labute approximate surface area is 158 Å². The zero-order chi connectivity index (χ0) is 19.4. The predicted molar refractivity (Wildman–Crippen MR) is 110 cm³/mol. The molecule has 2 unspecified atom stereocenters. The Morgan fingerprint density at radius 1 is 0.880 bits per heavy atom. The fourth-order valence-electron chi connectivity index (χ4n) is 2.96. The second-order valence-corrected chi connectivity index (χ2v) is 24.1. The molecule has 0 saturated carbocycles. The third kappa shape index (κ3) is 11.2. The first kappa shape index (κ1) is 23.7. The van der Waals surface area contributed by atoms with Crippen LogP contribution in [0.2, 0.25) is 58.4 Å². The van der Waals surface area contributed by atoms with Crippen LogP contribution < -0.4 is 0 Å². The molecule has 10 heteroatoms. The van der Waals surface area contributed by atoms with Gasteiger partial charge in [0.2, 0.25) is 0 Å². The standard InChI is InChI=1S/C15H38O6Si4/c1-16-25(9,12-10-11-17-13-15-14-18-15)21-24(7,8)20-23(5,6)19-22(2,3)4/h15H,10-14H2,1-9H3. The Bertz CT molecular complexity index is 411. The molecule has 1 aliphatic rings. The summed E-state index contributed by atoms with van der Waals surface area (Å²) in [6.07, 6.45) is 1.25. The lowest BCUT2D eigenvalue weighted by molar-refractivity contribution is 0.115. The van der Waals surface area contributed by atoms with Crippen molar-refractivity contribution in [3.63, 3.8) is 0 Å². The Hall–Kier alpha value is 0.628. The quantitative estimate of drug-likeness (QED) is 0.254. The molecule has 0 radical (unpaired) electrons. The Morgan fingerprint density at radius 3 is 1.92 bits per heavy atom. The van der Waals surface area contributed by atoms with Crippen molar-refractivity contribution in [3.8, 4) is 0 Å². The summed E-state index contributed by atoms with van der Waals surface area (Å²) in [6, 6.07) is 0.895. The van der Waals surface area contributed by atoms with E-state index in [2.05, 4.69) is 52.4 Å². The highest BCUT2D eigenvalue weighted by Gasteiger charge is 2.44. The van der Waals surface area contributed by atoms with Crippen molar-refractivity contribution in [1.82, 2.24) is 0 Å². The summed E-state index contributed by atoms with van der Waals surface area (Å²) in [5, 5.41) is 0. The third-order valence-corrected chi connectivity index (χ3v) is 17.7. The first-order chi connectivity index (χ1) is 11.3. The summed E-state index contributed by atoms with van der Waals surface area (Å²) >= 11 is 0. The van der Waals surface area contributed by atoms with Crippen LogP contribution in [0.5, 0.6) is 0 Å². The minimum atomic E-state index is -2.34. The van der Waals surface area contributed by atoms with E-state index < -0.39 is 34.0 Å². The van der Waals surface area contributed by atoms with Crippen molar-refractivity contribution < 1.29 is 26.2 Å². The zero-order valence-corrected chi connectivity index (χ0v) is 21.6. The van der Waals surface area contributed by atoms with Crippen LogP contribution in [0.4, 0.5) is 0 Å². The number of rotatable bonds is 13. The summed E-state index contributed by atoms with van der Waals surface area (Å²) in [6.45, 7) is 19.4. The summed E-state index contributed by atoms with van der Waals surface area (Å²) in [5.41, 5.74) is 0. The van der Waals surface area contributed by atoms with E-state index in [0.717, 1.165) is 25.7 Å². The van der Waals surface area contributed by atoms with Crippen molar-refractivity contribution in [1.29, 1.82) is 0 Å². The van der Waals surface area contributed by atoms with E-state index in [4.69, 9.17) is 26.2 Å². The molecule has 6 nitrogen and oxygen atoms in total. The van der Waals surface area contributed by atoms with E-state index in [1.54, 1.807) is 7.11 Å². The molecule has 25 heavy (non-hydrogen) atoms. The Morgan fingerprint density at radius 2 is 1.44 bits per heavy atom. The van der Waals surface area contributed by atoms with Crippen LogP contribution in [-0.2, 0) is 26.2 Å². The predicted octanol–water partition coefficient (Wildman–Crippen LogP) is 3.80. The van der Waals surface area contributed by atoms with Gasteiger partial charge in [0.25, 0.3) is 0 Å². The maximum atomic E-state index is 6.49. The lowest BCUT2D eigenvalue weighted by Crippen LogP contribution is -2.57. The lowest BCUT2D eigenvalue weighted by Gasteiger charge is -2.40. The van der Waals surface area contributed by atoms with Gasteiger partial charge < -0.3 is 26.2 Å². The molecule has 150 valence electrons. The number of epoxide rings is 1. The van der Waals surface area contributed by atoms with Crippen molar-refractivity contribution in [3.05, 3.63) is 0 Å². The summed E-state index contributed by atoms with van der Waals surface area (Å²) in [7, 11) is -6.71. The molecule has 0 amide bonds. The van der Waals surface area contributed by atoms with E-state index in [1.165, 1.54) is 0 Å². The average Bonchev–Trinajstić information content (AvgIpc) is 3.17. The third-order valence-electron chi connectivity index (χ3n) is 3.56. The second-order valence-electron chi connectivity index (χ2n) is 8.69. The number of hydrogen-bond acceptors (Lipinski definition) is 6. The fourth-order valence-corrected chi connectivity index (χ4v) is 20.6. The molecule has 1 rings (SSSR count). The van der Waals surface area contributed by atoms with Gasteiger partial charge in [0.05, 0.1) is 13.2 Å². The molecular weight excluding hydrogens is 389 g/mol. The van der Waals surface area contributed by atoms with Crippen molar-refractivity contribution in [2.75, 3.05) is 26.9 Å². The monoisotopic (exact) mass is 426 g/mol. The normalized spacial score (nSPS) is 21.2. The van der Waals surface area contributed by atoms with Crippen molar-refractivity contribution in [2.45, 2.75) is 70.9 Å². The molecule has 0 N–H and O–H groups in total. The van der Waals surface area contributed by atoms with Gasteiger partial charge in [-0.15, -0.1) is 0 Å². The van der Waals surface area contributed by atoms with E-state index in [9.17, 15) is 0 Å². The number of ether oxygens (including phenoxy) is 2. The van der Waals surface area contributed by atoms with E-state index in [-0.39, 0.29) is 0 Å². The van der Waals surface area contributed by atoms with Crippen molar-refractivity contribution in [2.24, 2.45) is 0 Å². The Balaban J connectivity index is 2.47. The van der Waals surface area contributed by atoms with Crippen LogP contribution in [0.25, 0.3) is 0 Å². The maximum absolute atomic E-state index is 6.49. The SMILES string of the molecule is CO[Si](C)(CCCOCC1CO1)O[Si](C)(C)O[Si](C)(C)O[Si](C)(C)C. The highest BCUT2D eigenvalue weighted by atomic mass is 28.5. The van der Waals surface area contributed by atoms with Gasteiger partial charge in [-0.25, -0.2) is 0 Å². The van der Waals surface area contributed by atoms with Crippen LogP contribution >= 0.6 is 0 Å². The van der Waals surface area contributed by atoms with E-state index >= 15 is 0 Å². The molecule has 0 aliphatic carbocycles. The molecular formula is C15H38O6Si4. The first-order valence-electron chi connectivity index (χ1n) is 9.11. The van der Waals surface area contributed by atoms with Crippen LogP contribution in [0, 0.1) is 0 Å². The van der Waals surface area contributed by atoms with Gasteiger partial charge in [-0.1, -0.05) is 0 Å². The molecule has 0 aromatic rings. The van der Waals surface area contributed by atoms with Crippen LogP contribution in [0.3, 0.4) is 0 Å². The molecule has 1 heterocycles. The van der Waals surface area contributed by atoms with Crippen LogP contribution in [0.1, 0.15) is 6.42 Å². The second kappa shape index (κ2) is 9.21.